The smallest absolute Gasteiger partial charge is 0.371 e. The second-order valence-electron chi connectivity index (χ2n) is 3.72. The minimum absolute atomic E-state index is 0.246. The van der Waals surface area contributed by atoms with Gasteiger partial charge in [0.05, 0.1) is 13.2 Å². The molecule has 1 aromatic heterocycles. The molecule has 0 unspecified atom stereocenters. The lowest BCUT2D eigenvalue weighted by molar-refractivity contribution is -0.120. The third-order valence-corrected chi connectivity index (χ3v) is 4.47. The van der Waals surface area contributed by atoms with Gasteiger partial charge in [0.1, 0.15) is 4.90 Å². The third kappa shape index (κ3) is 5.12. The van der Waals surface area contributed by atoms with Gasteiger partial charge in [-0.15, -0.1) is 0 Å². The number of ether oxygens (including phenoxy) is 1. The zero-order valence-corrected chi connectivity index (χ0v) is 13.3. The SMILES string of the molecule is COCCNC(=O)CNS(=O)(=O)c1cc(C(=O)O)oc1Br. The van der Waals surface area contributed by atoms with Crippen LogP contribution >= 0.6 is 15.9 Å². The van der Waals surface area contributed by atoms with E-state index in [-0.39, 0.29) is 11.2 Å². The summed E-state index contributed by atoms with van der Waals surface area (Å²) in [6, 6.07) is 0.845. The Morgan fingerprint density at radius 3 is 2.67 bits per heavy atom. The van der Waals surface area contributed by atoms with E-state index in [0.29, 0.717) is 6.61 Å². The molecule has 0 saturated heterocycles. The normalized spacial score (nSPS) is 11.3. The highest BCUT2D eigenvalue weighted by Gasteiger charge is 2.25. The number of aromatic carboxylic acids is 1. The maximum absolute atomic E-state index is 11.9. The van der Waals surface area contributed by atoms with E-state index in [1.807, 2.05) is 4.72 Å². The highest BCUT2D eigenvalue weighted by molar-refractivity contribution is 9.10. The number of carbonyl (C=O) groups excluding carboxylic acids is 1. The highest BCUT2D eigenvalue weighted by Crippen LogP contribution is 2.25. The van der Waals surface area contributed by atoms with Crippen LogP contribution in [-0.4, -0.2) is 52.2 Å². The molecule has 11 heteroatoms. The summed E-state index contributed by atoms with van der Waals surface area (Å²) in [5, 5.41) is 11.1. The first-order valence-electron chi connectivity index (χ1n) is 5.56. The lowest BCUT2D eigenvalue weighted by Gasteiger charge is -2.06. The van der Waals surface area contributed by atoms with Gasteiger partial charge >= 0.3 is 5.97 Å². The van der Waals surface area contributed by atoms with E-state index in [4.69, 9.17) is 14.3 Å². The summed E-state index contributed by atoms with van der Waals surface area (Å²) in [4.78, 5) is 21.7. The Bertz CT molecular complexity index is 625. The second-order valence-corrected chi connectivity index (χ2v) is 6.18. The number of hydrogen-bond donors (Lipinski definition) is 3. The molecule has 1 aromatic rings. The van der Waals surface area contributed by atoms with Crippen LogP contribution in [0.5, 0.6) is 0 Å². The van der Waals surface area contributed by atoms with E-state index in [0.717, 1.165) is 6.07 Å². The molecule has 21 heavy (non-hydrogen) atoms. The number of halogens is 1. The minimum atomic E-state index is -4.08. The summed E-state index contributed by atoms with van der Waals surface area (Å²) >= 11 is 2.81. The topological polar surface area (TPSA) is 135 Å². The van der Waals surface area contributed by atoms with Crippen molar-refractivity contribution in [2.75, 3.05) is 26.8 Å². The van der Waals surface area contributed by atoms with Crippen LogP contribution in [0.2, 0.25) is 0 Å². The summed E-state index contributed by atoms with van der Waals surface area (Å²) < 4.78 is 35.1. The van der Waals surface area contributed by atoms with Crippen LogP contribution in [0.25, 0.3) is 0 Å². The van der Waals surface area contributed by atoms with Gasteiger partial charge in [0.2, 0.25) is 21.7 Å². The van der Waals surface area contributed by atoms with Crippen LogP contribution in [0.3, 0.4) is 0 Å². The Hall–Kier alpha value is -1.43. The van der Waals surface area contributed by atoms with Crippen LogP contribution in [0.15, 0.2) is 20.0 Å². The van der Waals surface area contributed by atoms with E-state index >= 15 is 0 Å². The first-order valence-corrected chi connectivity index (χ1v) is 7.83. The Kier molecular flexibility index (Phi) is 6.33. The molecule has 0 aliphatic heterocycles. The minimum Gasteiger partial charge on any atom is -0.475 e. The maximum Gasteiger partial charge on any atom is 0.371 e. The molecule has 3 N–H and O–H groups in total. The average molecular weight is 385 g/mol. The Morgan fingerprint density at radius 2 is 2.14 bits per heavy atom. The molecule has 9 nitrogen and oxygen atoms in total. The second kappa shape index (κ2) is 7.54. The lowest BCUT2D eigenvalue weighted by atomic mass is 10.5. The van der Waals surface area contributed by atoms with Gasteiger partial charge in [-0.3, -0.25) is 4.79 Å². The average Bonchev–Trinajstić information content (AvgIpc) is 2.80. The number of hydrogen-bond acceptors (Lipinski definition) is 6. The number of carbonyl (C=O) groups is 2. The van der Waals surface area contributed by atoms with Crippen molar-refractivity contribution in [1.29, 1.82) is 0 Å². The monoisotopic (exact) mass is 384 g/mol. The molecule has 0 radical (unpaired) electrons. The van der Waals surface area contributed by atoms with E-state index in [9.17, 15) is 18.0 Å². The van der Waals surface area contributed by atoms with Crippen molar-refractivity contribution < 1.29 is 32.3 Å². The van der Waals surface area contributed by atoms with Crippen molar-refractivity contribution in [2.24, 2.45) is 0 Å². The van der Waals surface area contributed by atoms with Crippen molar-refractivity contribution in [3.05, 3.63) is 16.5 Å². The number of amides is 1. The predicted octanol–water partition coefficient (Wildman–Crippen LogP) is -0.219. The number of furan rings is 1. The van der Waals surface area contributed by atoms with Gasteiger partial charge in [0.25, 0.3) is 0 Å². The molecule has 0 aliphatic carbocycles. The van der Waals surface area contributed by atoms with E-state index in [1.165, 1.54) is 7.11 Å². The molecule has 0 bridgehead atoms. The van der Waals surface area contributed by atoms with Crippen LogP contribution in [0.1, 0.15) is 10.6 Å². The van der Waals surface area contributed by atoms with Crippen molar-refractivity contribution in [3.63, 3.8) is 0 Å². The van der Waals surface area contributed by atoms with E-state index in [2.05, 4.69) is 21.2 Å². The van der Waals surface area contributed by atoms with Crippen LogP contribution < -0.4 is 10.0 Å². The Labute approximate surface area is 128 Å². The summed E-state index contributed by atoms with van der Waals surface area (Å²) in [6.07, 6.45) is 0. The summed E-state index contributed by atoms with van der Waals surface area (Å²) in [5.41, 5.74) is 0. The van der Waals surface area contributed by atoms with E-state index in [1.54, 1.807) is 0 Å². The Balaban J connectivity index is 2.69. The summed E-state index contributed by atoms with van der Waals surface area (Å²) in [7, 11) is -2.61. The number of nitrogens with one attached hydrogen (secondary N) is 2. The van der Waals surface area contributed by atoms with Gasteiger partial charge in [-0.05, 0) is 15.9 Å². The van der Waals surface area contributed by atoms with Gasteiger partial charge in [0, 0.05) is 19.7 Å². The summed E-state index contributed by atoms with van der Waals surface area (Å²) in [5.74, 6) is -2.49. The van der Waals surface area contributed by atoms with Gasteiger partial charge < -0.3 is 19.6 Å². The molecular formula is C10H13BrN2O7S. The number of sulfonamides is 1. The molecule has 1 amide bonds. The quantitative estimate of drug-likeness (QED) is 0.527. The predicted molar refractivity (Wildman–Crippen MR) is 73.4 cm³/mol. The molecule has 1 heterocycles. The zero-order chi connectivity index (χ0) is 16.0. The number of methoxy groups -OCH3 is 1. The van der Waals surface area contributed by atoms with Crippen molar-refractivity contribution in [1.82, 2.24) is 10.0 Å². The molecule has 0 atom stereocenters. The molecule has 0 aromatic carbocycles. The van der Waals surface area contributed by atoms with Gasteiger partial charge in [-0.25, -0.2) is 17.9 Å². The molecule has 118 valence electrons. The third-order valence-electron chi connectivity index (χ3n) is 2.21. The number of carboxylic acids is 1. The highest BCUT2D eigenvalue weighted by atomic mass is 79.9. The number of carboxylic acid groups (broad SMARTS) is 1. The fraction of sp³-hybridized carbons (Fsp3) is 0.400. The first-order chi connectivity index (χ1) is 9.77. The van der Waals surface area contributed by atoms with Gasteiger partial charge in [0.15, 0.2) is 4.67 Å². The number of rotatable bonds is 8. The van der Waals surface area contributed by atoms with Crippen LogP contribution in [0, 0.1) is 0 Å². The lowest BCUT2D eigenvalue weighted by Crippen LogP contribution is -2.38. The molecule has 0 spiro atoms. The fourth-order valence-electron chi connectivity index (χ4n) is 1.23. The van der Waals surface area contributed by atoms with Crippen molar-refractivity contribution in [3.8, 4) is 0 Å². The first kappa shape index (κ1) is 17.6. The standard InChI is InChI=1S/C10H13BrN2O7S/c1-19-3-2-12-8(14)5-13-21(17,18)7-4-6(10(15)16)20-9(7)11/h4,13H,2-3,5H2,1H3,(H,12,14)(H,15,16). The largest absolute Gasteiger partial charge is 0.475 e. The molecular weight excluding hydrogens is 372 g/mol. The fourth-order valence-corrected chi connectivity index (χ4v) is 3.15. The molecule has 0 saturated carbocycles. The van der Waals surface area contributed by atoms with Crippen LogP contribution in [0.4, 0.5) is 0 Å². The molecule has 1 rings (SSSR count). The van der Waals surface area contributed by atoms with Crippen LogP contribution in [-0.2, 0) is 19.6 Å². The van der Waals surface area contributed by atoms with Gasteiger partial charge in [-0.2, -0.15) is 0 Å². The Morgan fingerprint density at radius 1 is 1.48 bits per heavy atom. The zero-order valence-electron chi connectivity index (χ0n) is 10.9. The van der Waals surface area contributed by atoms with Gasteiger partial charge in [-0.1, -0.05) is 0 Å². The maximum atomic E-state index is 11.9. The van der Waals surface area contributed by atoms with Crippen molar-refractivity contribution in [2.45, 2.75) is 4.90 Å². The molecule has 0 aliphatic rings. The molecule has 0 fully saturated rings. The van der Waals surface area contributed by atoms with Crippen molar-refractivity contribution >= 4 is 37.8 Å². The summed E-state index contributed by atoms with van der Waals surface area (Å²) in [6.45, 7) is 0.0510. The van der Waals surface area contributed by atoms with E-state index < -0.39 is 39.1 Å².